The number of benzene rings is 2. The molecule has 24 heavy (non-hydrogen) atoms. The first-order chi connectivity index (χ1) is 11.6. The van der Waals surface area contributed by atoms with Gasteiger partial charge in [0.25, 0.3) is 5.69 Å². The molecule has 6 nitrogen and oxygen atoms in total. The average Bonchev–Trinajstić information content (AvgIpc) is 3.04. The highest BCUT2D eigenvalue weighted by molar-refractivity contribution is 6.30. The van der Waals surface area contributed by atoms with E-state index in [-0.39, 0.29) is 5.69 Å². The van der Waals surface area contributed by atoms with Gasteiger partial charge in [-0.05, 0) is 36.4 Å². The molecule has 0 saturated carbocycles. The van der Waals surface area contributed by atoms with Crippen LogP contribution >= 0.6 is 11.6 Å². The Balaban J connectivity index is 1.66. The third kappa shape index (κ3) is 3.80. The molecule has 0 unspecified atom stereocenters. The van der Waals surface area contributed by atoms with Crippen LogP contribution in [0, 0.1) is 10.1 Å². The summed E-state index contributed by atoms with van der Waals surface area (Å²) in [4.78, 5) is 10.1. The molecule has 1 heterocycles. The van der Waals surface area contributed by atoms with Crippen molar-refractivity contribution in [3.63, 3.8) is 0 Å². The summed E-state index contributed by atoms with van der Waals surface area (Å²) in [5, 5.41) is 15.3. The third-order valence-corrected chi connectivity index (χ3v) is 3.43. The summed E-state index contributed by atoms with van der Waals surface area (Å²) in [5.74, 6) is 1.26. The Morgan fingerprint density at radius 1 is 1.12 bits per heavy atom. The fraction of sp³-hybridized carbons (Fsp3) is 0. The van der Waals surface area contributed by atoms with Crippen LogP contribution in [0.25, 0.3) is 11.3 Å². The number of nitrogens with zero attached hydrogens (tertiary/aromatic N) is 2. The summed E-state index contributed by atoms with van der Waals surface area (Å²) in [5.41, 5.74) is 4.33. The quantitative estimate of drug-likeness (QED) is 0.404. The van der Waals surface area contributed by atoms with Gasteiger partial charge in [0.2, 0.25) is 0 Å². The SMILES string of the molecule is O=[N+]([O-])c1ccc(N/N=C\c2ccc(-c3cccc(Cl)c3)o2)cc1. The number of halogens is 1. The van der Waals surface area contributed by atoms with E-state index in [9.17, 15) is 10.1 Å². The molecule has 0 atom stereocenters. The summed E-state index contributed by atoms with van der Waals surface area (Å²) in [7, 11) is 0. The Kier molecular flexibility index (Phi) is 4.58. The number of non-ortho nitro benzene ring substituents is 1. The van der Waals surface area contributed by atoms with Gasteiger partial charge in [0, 0.05) is 22.7 Å². The molecule has 3 aromatic rings. The Morgan fingerprint density at radius 3 is 2.62 bits per heavy atom. The standard InChI is InChI=1S/C17H12ClN3O3/c18-13-3-1-2-12(10-13)17-9-8-16(24-17)11-19-20-14-4-6-15(7-5-14)21(22)23/h1-11,20H/b19-11-. The molecule has 0 saturated heterocycles. The van der Waals surface area contributed by atoms with Gasteiger partial charge in [-0.2, -0.15) is 5.10 Å². The monoisotopic (exact) mass is 341 g/mol. The maximum atomic E-state index is 10.6. The maximum absolute atomic E-state index is 10.6. The normalized spacial score (nSPS) is 10.9. The number of hydrogen-bond donors (Lipinski definition) is 1. The number of hydrogen-bond acceptors (Lipinski definition) is 5. The first-order valence-electron chi connectivity index (χ1n) is 7.01. The van der Waals surface area contributed by atoms with Gasteiger partial charge in [-0.15, -0.1) is 0 Å². The minimum atomic E-state index is -0.451. The summed E-state index contributed by atoms with van der Waals surface area (Å²) < 4.78 is 5.68. The molecule has 2 aromatic carbocycles. The van der Waals surface area contributed by atoms with Gasteiger partial charge in [0.15, 0.2) is 0 Å². The van der Waals surface area contributed by atoms with E-state index in [1.54, 1.807) is 24.3 Å². The van der Waals surface area contributed by atoms with Crippen molar-refractivity contribution in [1.82, 2.24) is 0 Å². The first kappa shape index (κ1) is 15.8. The smallest absolute Gasteiger partial charge is 0.269 e. The van der Waals surface area contributed by atoms with E-state index >= 15 is 0 Å². The Morgan fingerprint density at radius 2 is 1.92 bits per heavy atom. The van der Waals surface area contributed by atoms with E-state index in [4.69, 9.17) is 16.0 Å². The lowest BCUT2D eigenvalue weighted by atomic mass is 10.2. The predicted octanol–water partition coefficient (Wildman–Crippen LogP) is 4.95. The zero-order valence-corrected chi connectivity index (χ0v) is 13.1. The molecular weight excluding hydrogens is 330 g/mol. The summed E-state index contributed by atoms with van der Waals surface area (Å²) in [6.07, 6.45) is 1.52. The van der Waals surface area contributed by atoms with E-state index in [1.165, 1.54) is 18.3 Å². The van der Waals surface area contributed by atoms with Gasteiger partial charge >= 0.3 is 0 Å². The van der Waals surface area contributed by atoms with Crippen molar-refractivity contribution in [3.05, 3.63) is 81.6 Å². The molecule has 0 aliphatic heterocycles. The van der Waals surface area contributed by atoms with E-state index in [0.717, 1.165) is 5.56 Å². The van der Waals surface area contributed by atoms with Gasteiger partial charge in [-0.1, -0.05) is 23.7 Å². The van der Waals surface area contributed by atoms with Crippen molar-refractivity contribution in [2.45, 2.75) is 0 Å². The Labute approximate surface area is 142 Å². The van der Waals surface area contributed by atoms with Crippen LogP contribution in [0.2, 0.25) is 5.02 Å². The zero-order chi connectivity index (χ0) is 16.9. The molecule has 7 heteroatoms. The van der Waals surface area contributed by atoms with Crippen LogP contribution in [0.5, 0.6) is 0 Å². The van der Waals surface area contributed by atoms with E-state index in [2.05, 4.69) is 10.5 Å². The second-order valence-electron chi connectivity index (χ2n) is 4.89. The number of anilines is 1. The lowest BCUT2D eigenvalue weighted by Crippen LogP contribution is -1.91. The van der Waals surface area contributed by atoms with Crippen LogP contribution in [0.1, 0.15) is 5.76 Å². The second-order valence-corrected chi connectivity index (χ2v) is 5.32. The van der Waals surface area contributed by atoms with Crippen LogP contribution < -0.4 is 5.43 Å². The van der Waals surface area contributed by atoms with Crippen LogP contribution in [-0.2, 0) is 0 Å². The molecule has 0 radical (unpaired) electrons. The second kappa shape index (κ2) is 6.97. The average molecular weight is 342 g/mol. The molecule has 0 spiro atoms. The van der Waals surface area contributed by atoms with Gasteiger partial charge in [0.1, 0.15) is 11.5 Å². The van der Waals surface area contributed by atoms with Gasteiger partial charge in [-0.3, -0.25) is 15.5 Å². The molecular formula is C17H12ClN3O3. The van der Waals surface area contributed by atoms with Crippen LogP contribution in [0.4, 0.5) is 11.4 Å². The molecule has 1 aromatic heterocycles. The fourth-order valence-electron chi connectivity index (χ4n) is 2.05. The number of nitrogens with one attached hydrogen (secondary N) is 1. The Hall–Kier alpha value is -3.12. The molecule has 0 aliphatic carbocycles. The van der Waals surface area contributed by atoms with Crippen molar-refractivity contribution in [3.8, 4) is 11.3 Å². The van der Waals surface area contributed by atoms with Gasteiger partial charge in [0.05, 0.1) is 16.8 Å². The molecule has 0 aliphatic rings. The van der Waals surface area contributed by atoms with Crippen molar-refractivity contribution in [2.75, 3.05) is 5.43 Å². The highest BCUT2D eigenvalue weighted by atomic mass is 35.5. The van der Waals surface area contributed by atoms with Gasteiger partial charge < -0.3 is 4.42 Å². The molecule has 0 amide bonds. The summed E-state index contributed by atoms with van der Waals surface area (Å²) in [6.45, 7) is 0. The third-order valence-electron chi connectivity index (χ3n) is 3.20. The highest BCUT2D eigenvalue weighted by Gasteiger charge is 2.05. The number of nitro benzene ring substituents is 1. The summed E-state index contributed by atoms with van der Waals surface area (Å²) in [6, 6.07) is 17.0. The predicted molar refractivity (Wildman–Crippen MR) is 93.5 cm³/mol. The number of hydrazone groups is 1. The van der Waals surface area contributed by atoms with E-state index in [0.29, 0.717) is 22.2 Å². The van der Waals surface area contributed by atoms with Crippen LogP contribution in [0.3, 0.4) is 0 Å². The molecule has 3 rings (SSSR count). The highest BCUT2D eigenvalue weighted by Crippen LogP contribution is 2.24. The zero-order valence-electron chi connectivity index (χ0n) is 12.3. The molecule has 0 fully saturated rings. The minimum absolute atomic E-state index is 0.0294. The number of rotatable bonds is 5. The van der Waals surface area contributed by atoms with Crippen molar-refractivity contribution < 1.29 is 9.34 Å². The summed E-state index contributed by atoms with van der Waals surface area (Å²) >= 11 is 5.96. The van der Waals surface area contributed by atoms with Crippen molar-refractivity contribution in [2.24, 2.45) is 5.10 Å². The van der Waals surface area contributed by atoms with Gasteiger partial charge in [-0.25, -0.2) is 0 Å². The van der Waals surface area contributed by atoms with E-state index in [1.807, 2.05) is 24.3 Å². The van der Waals surface area contributed by atoms with Crippen LogP contribution in [-0.4, -0.2) is 11.1 Å². The molecule has 120 valence electrons. The minimum Gasteiger partial charge on any atom is -0.455 e. The van der Waals surface area contributed by atoms with E-state index < -0.39 is 4.92 Å². The molecule has 1 N–H and O–H groups in total. The lowest BCUT2D eigenvalue weighted by Gasteiger charge is -1.99. The first-order valence-corrected chi connectivity index (χ1v) is 7.39. The number of furan rings is 1. The fourth-order valence-corrected chi connectivity index (χ4v) is 2.24. The van der Waals surface area contributed by atoms with Crippen LogP contribution in [0.15, 0.2) is 70.2 Å². The molecule has 0 bridgehead atoms. The number of nitro groups is 1. The van der Waals surface area contributed by atoms with Crippen molar-refractivity contribution >= 4 is 29.2 Å². The maximum Gasteiger partial charge on any atom is 0.269 e. The largest absolute Gasteiger partial charge is 0.455 e. The lowest BCUT2D eigenvalue weighted by molar-refractivity contribution is -0.384. The Bertz CT molecular complexity index is 888. The van der Waals surface area contributed by atoms with Crippen molar-refractivity contribution in [1.29, 1.82) is 0 Å². The topological polar surface area (TPSA) is 80.7 Å².